The van der Waals surface area contributed by atoms with Crippen molar-refractivity contribution in [1.29, 1.82) is 0 Å². The van der Waals surface area contributed by atoms with Crippen LogP contribution in [0.4, 0.5) is 0 Å². The highest BCUT2D eigenvalue weighted by atomic mass is 16.7. The van der Waals surface area contributed by atoms with E-state index in [0.717, 1.165) is 11.1 Å². The highest BCUT2D eigenvalue weighted by Gasteiger charge is 2.53. The maximum absolute atomic E-state index is 14.6. The molecule has 5 rings (SSSR count). The first-order chi connectivity index (χ1) is 30.2. The molecule has 3 heterocycles. The van der Waals surface area contributed by atoms with Gasteiger partial charge in [0.05, 0.1) is 48.2 Å². The van der Waals surface area contributed by atoms with Gasteiger partial charge in [-0.15, -0.1) is 0 Å². The second kappa shape index (κ2) is 21.5. The summed E-state index contributed by atoms with van der Waals surface area (Å²) in [6.45, 7) is 10.9. The summed E-state index contributed by atoms with van der Waals surface area (Å²) < 4.78 is 36.9. The smallest absolute Gasteiger partial charge is 0.338 e. The summed E-state index contributed by atoms with van der Waals surface area (Å²) in [5.74, 6) is -6.84. The van der Waals surface area contributed by atoms with E-state index in [9.17, 15) is 34.2 Å². The van der Waals surface area contributed by atoms with E-state index >= 15 is 0 Å². The van der Waals surface area contributed by atoms with Crippen LogP contribution in [0.25, 0.3) is 11.3 Å². The fourth-order valence-electron chi connectivity index (χ4n) is 9.03. The number of rotatable bonds is 12. The zero-order chi connectivity index (χ0) is 47.1. The van der Waals surface area contributed by atoms with Crippen molar-refractivity contribution < 1.29 is 62.3 Å². The zero-order valence-electron chi connectivity index (χ0n) is 38.6. The number of nitrogens with zero attached hydrogens (tertiary/aromatic N) is 1. The molecule has 3 aromatic rings. The highest BCUT2D eigenvalue weighted by Crippen LogP contribution is 2.39. The molecule has 2 aromatic carbocycles. The van der Waals surface area contributed by atoms with Crippen molar-refractivity contribution in [2.75, 3.05) is 27.7 Å². The van der Waals surface area contributed by atoms with Crippen molar-refractivity contribution in [2.45, 2.75) is 128 Å². The molecule has 4 unspecified atom stereocenters. The quantitative estimate of drug-likeness (QED) is 0.159. The zero-order valence-corrected chi connectivity index (χ0v) is 38.6. The first-order valence-corrected chi connectivity index (χ1v) is 22.0. The average molecular weight is 891 g/mol. The molecule has 1 aromatic heterocycles. The Morgan fingerprint density at radius 2 is 1.62 bits per heavy atom. The van der Waals surface area contributed by atoms with Gasteiger partial charge in [0.2, 0.25) is 5.91 Å². The van der Waals surface area contributed by atoms with Crippen molar-refractivity contribution in [3.63, 3.8) is 0 Å². The molecule has 15 nitrogen and oxygen atoms in total. The third-order valence-corrected chi connectivity index (χ3v) is 13.0. The van der Waals surface area contributed by atoms with Gasteiger partial charge in [-0.3, -0.25) is 19.2 Å². The van der Waals surface area contributed by atoms with Gasteiger partial charge < -0.3 is 48.5 Å². The molecule has 2 saturated heterocycles. The minimum atomic E-state index is -2.20. The maximum Gasteiger partial charge on any atom is 0.338 e. The van der Waals surface area contributed by atoms with Gasteiger partial charge in [0.25, 0.3) is 0 Å². The number of cyclic esters (lactones) is 1. The predicted molar refractivity (Wildman–Crippen MR) is 236 cm³/mol. The number of methoxy groups -OCH3 is 1. The summed E-state index contributed by atoms with van der Waals surface area (Å²) in [7, 11) is 5.14. The van der Waals surface area contributed by atoms with Crippen LogP contribution < -0.4 is 5.32 Å². The number of hydrogen-bond donors (Lipinski definition) is 3. The summed E-state index contributed by atoms with van der Waals surface area (Å²) in [6.07, 6.45) is -5.08. The highest BCUT2D eigenvalue weighted by molar-refractivity contribution is 6.00. The van der Waals surface area contributed by atoms with E-state index in [1.807, 2.05) is 50.2 Å². The van der Waals surface area contributed by atoms with E-state index in [4.69, 9.17) is 28.1 Å². The van der Waals surface area contributed by atoms with Crippen LogP contribution in [-0.4, -0.2) is 126 Å². The molecular formula is C49H66N2O13. The second-order valence-electron chi connectivity index (χ2n) is 18.2. The van der Waals surface area contributed by atoms with Crippen molar-refractivity contribution in [3.8, 4) is 11.3 Å². The van der Waals surface area contributed by atoms with Gasteiger partial charge in [0, 0.05) is 43.4 Å². The van der Waals surface area contributed by atoms with Gasteiger partial charge in [-0.2, -0.15) is 0 Å². The molecule has 2 fully saturated rings. The molecular weight excluding hydrogens is 825 g/mol. The number of hydrogen-bond acceptors (Lipinski definition) is 14. The van der Waals surface area contributed by atoms with E-state index in [2.05, 4.69) is 5.32 Å². The first kappa shape index (κ1) is 50.2. The van der Waals surface area contributed by atoms with Crippen LogP contribution in [0.15, 0.2) is 77.4 Å². The Hall–Kier alpha value is -4.77. The number of ketones is 2. The standard InChI is InChI=1S/C49H66N2O13/c1-28-27-48(6,59-10)44(64-47-42(36(51(8)9)24-29(2)61-47)63-46(57)34-17-12-11-13-18-34)31(4)41(54)32(5)45(56)62-38(49(7,58)43(55)30(3)40(28)53)21-22-50-39(52)26-33-16-14-19-35(25-33)37-20-15-23-60-37/h11-20,23,25,28-32,36,38,42-44,47,55,58H,21-22,24,26-27H2,1-10H3,(H,50,52)/t28-,29?,30+,31+,32-,36?,38-,42?,43-,44-,47?,48-,49-/m1/s1. The van der Waals surface area contributed by atoms with Gasteiger partial charge in [0.15, 0.2) is 18.2 Å². The van der Waals surface area contributed by atoms with E-state index in [0.29, 0.717) is 17.7 Å². The number of aliphatic hydroxyl groups excluding tert-OH is 1. The van der Waals surface area contributed by atoms with Gasteiger partial charge >= 0.3 is 11.9 Å². The molecule has 2 aliphatic rings. The first-order valence-electron chi connectivity index (χ1n) is 22.0. The number of esters is 2. The Morgan fingerprint density at radius 1 is 0.922 bits per heavy atom. The lowest BCUT2D eigenvalue weighted by Gasteiger charge is -2.47. The number of aliphatic hydroxyl groups is 2. The molecule has 0 aliphatic carbocycles. The number of likely N-dealkylation sites (N-methyl/N-ethyl adjacent to an activating group) is 1. The molecule has 15 heteroatoms. The van der Waals surface area contributed by atoms with Crippen LogP contribution in [-0.2, 0) is 49.3 Å². The van der Waals surface area contributed by atoms with Gasteiger partial charge in [-0.05, 0) is 90.5 Å². The van der Waals surface area contributed by atoms with E-state index in [1.54, 1.807) is 69.5 Å². The summed E-state index contributed by atoms with van der Waals surface area (Å²) in [6, 6.07) is 19.0. The Labute approximate surface area is 376 Å². The minimum Gasteiger partial charge on any atom is -0.464 e. The summed E-state index contributed by atoms with van der Waals surface area (Å²) in [4.78, 5) is 71.4. The van der Waals surface area contributed by atoms with Crippen molar-refractivity contribution in [3.05, 3.63) is 84.1 Å². The number of amides is 1. The maximum atomic E-state index is 14.6. The Morgan fingerprint density at radius 3 is 2.27 bits per heavy atom. The monoisotopic (exact) mass is 890 g/mol. The third kappa shape index (κ3) is 11.7. The number of ether oxygens (including phenoxy) is 5. The molecule has 64 heavy (non-hydrogen) atoms. The third-order valence-electron chi connectivity index (χ3n) is 13.0. The average Bonchev–Trinajstić information content (AvgIpc) is 3.82. The number of Topliss-reactive ketones (excluding diaryl/α,β-unsaturated/α-hetero) is 2. The Bertz CT molecular complexity index is 2060. The second-order valence-corrected chi connectivity index (χ2v) is 18.2. The minimum absolute atomic E-state index is 0.0175. The van der Waals surface area contributed by atoms with Crippen LogP contribution in [0.3, 0.4) is 0 Å². The fraction of sp³-hybridized carbons (Fsp3) is 0.571. The topological polar surface area (TPSA) is 200 Å². The van der Waals surface area contributed by atoms with Crippen molar-refractivity contribution in [1.82, 2.24) is 10.2 Å². The van der Waals surface area contributed by atoms with Crippen molar-refractivity contribution in [2.24, 2.45) is 23.7 Å². The van der Waals surface area contributed by atoms with E-state index in [-0.39, 0.29) is 43.9 Å². The number of carbonyl (C=O) groups is 5. The summed E-state index contributed by atoms with van der Waals surface area (Å²) >= 11 is 0. The largest absolute Gasteiger partial charge is 0.464 e. The lowest BCUT2D eigenvalue weighted by atomic mass is 9.74. The lowest BCUT2D eigenvalue weighted by molar-refractivity contribution is -0.294. The molecule has 1 amide bonds. The molecule has 3 N–H and O–H groups in total. The van der Waals surface area contributed by atoms with Crippen LogP contribution >= 0.6 is 0 Å². The molecule has 0 bridgehead atoms. The van der Waals surface area contributed by atoms with E-state index in [1.165, 1.54) is 27.9 Å². The van der Waals surface area contributed by atoms with Crippen LogP contribution in [0.5, 0.6) is 0 Å². The van der Waals surface area contributed by atoms with Crippen molar-refractivity contribution >= 4 is 29.4 Å². The number of carbonyl (C=O) groups excluding carboxylic acids is 5. The fourth-order valence-corrected chi connectivity index (χ4v) is 9.03. The summed E-state index contributed by atoms with van der Waals surface area (Å²) in [5.41, 5.74) is -1.76. The Balaban J connectivity index is 1.42. The van der Waals surface area contributed by atoms with Gasteiger partial charge in [-0.1, -0.05) is 57.2 Å². The molecule has 0 spiro atoms. The molecule has 350 valence electrons. The molecule has 0 radical (unpaired) electrons. The van der Waals surface area contributed by atoms with Crippen LogP contribution in [0.1, 0.15) is 83.7 Å². The number of nitrogens with one attached hydrogen (secondary N) is 1. The van der Waals surface area contributed by atoms with Crippen LogP contribution in [0, 0.1) is 23.7 Å². The lowest BCUT2D eigenvalue weighted by Crippen LogP contribution is -2.60. The SMILES string of the molecule is CO[C@]1(C)C[C@@H](C)C(=O)[C@H](C)[C@@H](O)[C@](C)(O)[C@@H](CCNC(=O)Cc2cccc(-c3ccco3)c2)OC(=O)[C@H](C)C(=O)[C@H](C)[C@H]1OC1OC(C)CC(N(C)C)C1OC(=O)c1ccccc1. The molecule has 13 atom stereocenters. The summed E-state index contributed by atoms with van der Waals surface area (Å²) in [5, 5.41) is 26.5. The molecule has 0 saturated carbocycles. The van der Waals surface area contributed by atoms with Gasteiger partial charge in [-0.25, -0.2) is 4.79 Å². The predicted octanol–water partition coefficient (Wildman–Crippen LogP) is 5.19. The Kier molecular flexibility index (Phi) is 16.9. The van der Waals surface area contributed by atoms with E-state index < -0.39 is 89.1 Å². The number of benzene rings is 2. The van der Waals surface area contributed by atoms with Gasteiger partial charge in [0.1, 0.15) is 29.2 Å². The van der Waals surface area contributed by atoms with Crippen LogP contribution in [0.2, 0.25) is 0 Å². The normalized spacial score (nSPS) is 33.3. The molecule has 2 aliphatic heterocycles. The number of furan rings is 1.